The predicted octanol–water partition coefficient (Wildman–Crippen LogP) is 1.66. The minimum absolute atomic E-state index is 1.07. The highest BCUT2D eigenvalue weighted by atomic mass is 19.1. The third-order valence-corrected chi connectivity index (χ3v) is 0.903. The average Bonchev–Trinajstić information content (AvgIpc) is 2.11. The summed E-state index contributed by atoms with van der Waals surface area (Å²) >= 11 is 0. The number of carboxylic acids is 1. The molecule has 2 nitrogen and oxygen atoms in total. The molecule has 1 N–H and O–H groups in total. The van der Waals surface area contributed by atoms with Crippen LogP contribution in [0.2, 0.25) is 0 Å². The summed E-state index contributed by atoms with van der Waals surface area (Å²) in [7, 11) is 0. The van der Waals surface area contributed by atoms with Crippen LogP contribution in [-0.2, 0) is 0 Å². The van der Waals surface area contributed by atoms with Crippen molar-refractivity contribution in [3.8, 4) is 0 Å². The van der Waals surface area contributed by atoms with Crippen LogP contribution in [0.4, 0.5) is 8.78 Å². The molecule has 0 radical (unpaired) electrons. The highest BCUT2D eigenvalue weighted by molar-refractivity contribution is 5.87. The molecule has 0 bridgehead atoms. The van der Waals surface area contributed by atoms with Gasteiger partial charge in [0.2, 0.25) is 0 Å². The lowest BCUT2D eigenvalue weighted by atomic mass is 10.2. The highest BCUT2D eigenvalue weighted by Gasteiger charge is 2.05. The van der Waals surface area contributed by atoms with Crippen molar-refractivity contribution in [1.29, 1.82) is 0 Å². The molecule has 1 rings (SSSR count). The summed E-state index contributed by atoms with van der Waals surface area (Å²) in [5.74, 6) is -4.91. The van der Waals surface area contributed by atoms with Gasteiger partial charge in [-0.1, -0.05) is 0 Å². The summed E-state index contributed by atoms with van der Waals surface area (Å²) in [6.45, 7) is 0. The zero-order valence-electron chi connectivity index (χ0n) is 8.11. The van der Waals surface area contributed by atoms with Gasteiger partial charge in [0.15, 0.2) is 0 Å². The van der Waals surface area contributed by atoms with Crippen LogP contribution < -0.4 is 0 Å². The van der Waals surface area contributed by atoms with E-state index in [9.17, 15) is 13.6 Å². The first-order valence-corrected chi connectivity index (χ1v) is 2.56. The van der Waals surface area contributed by atoms with Crippen LogP contribution in [0.15, 0.2) is 18.1 Å². The predicted molar refractivity (Wildman–Crippen MR) is 33.3 cm³/mol. The maximum atomic E-state index is 12.8. The van der Waals surface area contributed by atoms with Gasteiger partial charge in [-0.2, -0.15) is 0 Å². The van der Waals surface area contributed by atoms with E-state index in [2.05, 4.69) is 0 Å². The third-order valence-electron chi connectivity index (χ3n) is 0.903. The third kappa shape index (κ3) is 1.73. The Bertz CT molecular complexity index is 391. The van der Waals surface area contributed by atoms with E-state index in [4.69, 9.17) is 9.22 Å². The second-order valence-electron chi connectivity index (χ2n) is 1.68. The molecule has 58 valence electrons. The monoisotopic (exact) mass is 161 g/mol. The minimum atomic E-state index is -1.77. The molecule has 0 aliphatic carbocycles. The number of halogens is 2. The maximum Gasteiger partial charge on any atom is 0.335 e. The molecular weight excluding hydrogens is 154 g/mol. The van der Waals surface area contributed by atoms with Crippen LogP contribution in [0.25, 0.3) is 0 Å². The van der Waals surface area contributed by atoms with Crippen molar-refractivity contribution < 1.29 is 22.8 Å². The molecule has 0 unspecified atom stereocenters. The molecular formula is C7H4F2O2. The van der Waals surface area contributed by atoms with Crippen molar-refractivity contribution in [3.63, 3.8) is 0 Å². The first kappa shape index (κ1) is 4.43. The Labute approximate surface area is 65.3 Å². The molecule has 0 amide bonds. The van der Waals surface area contributed by atoms with Gasteiger partial charge in [-0.25, -0.2) is 13.6 Å². The van der Waals surface area contributed by atoms with Crippen molar-refractivity contribution in [2.24, 2.45) is 0 Å². The number of hydrogen-bond donors (Lipinski definition) is 1. The molecule has 4 heteroatoms. The van der Waals surface area contributed by atoms with Crippen LogP contribution in [0, 0.1) is 11.6 Å². The Balaban J connectivity index is 3.68. The van der Waals surface area contributed by atoms with Gasteiger partial charge in [0.05, 0.1) is 9.68 Å². The lowest BCUT2D eigenvalue weighted by molar-refractivity contribution is 0.0695. The fraction of sp³-hybridized carbons (Fsp3) is 0. The molecule has 0 heterocycles. The minimum Gasteiger partial charge on any atom is -0.478 e. The van der Waals surface area contributed by atoms with Gasteiger partial charge in [-0.05, 0) is 12.1 Å². The Kier molecular flexibility index (Phi) is 1.07. The average molecular weight is 161 g/mol. The Morgan fingerprint density at radius 2 is 1.82 bits per heavy atom. The lowest BCUT2D eigenvalue weighted by Crippen LogP contribution is -1.97. The van der Waals surface area contributed by atoms with Gasteiger partial charge in [0, 0.05) is 6.04 Å². The maximum absolute atomic E-state index is 12.8. The van der Waals surface area contributed by atoms with Crippen molar-refractivity contribution in [1.82, 2.24) is 0 Å². The van der Waals surface area contributed by atoms with Crippen LogP contribution in [0.5, 0.6) is 0 Å². The molecule has 0 aliphatic heterocycles. The van der Waals surface area contributed by atoms with E-state index < -0.39 is 41.3 Å². The molecule has 0 aliphatic rings. The topological polar surface area (TPSA) is 37.3 Å². The van der Waals surface area contributed by atoms with Gasteiger partial charge < -0.3 is 5.11 Å². The summed E-state index contributed by atoms with van der Waals surface area (Å²) in [5.41, 5.74) is -1.07. The molecule has 11 heavy (non-hydrogen) atoms. The van der Waals surface area contributed by atoms with Crippen LogP contribution >= 0.6 is 0 Å². The zero-order chi connectivity index (χ0) is 11.0. The van der Waals surface area contributed by atoms with E-state index in [0.29, 0.717) is 0 Å². The SMILES string of the molecule is [2H]c1c(F)c([2H])c(C(=O)O)c([2H])c1F. The molecule has 0 aromatic heterocycles. The van der Waals surface area contributed by atoms with Gasteiger partial charge in [-0.3, -0.25) is 0 Å². The molecule has 0 fully saturated rings. The van der Waals surface area contributed by atoms with E-state index >= 15 is 0 Å². The number of benzene rings is 1. The van der Waals surface area contributed by atoms with Crippen molar-refractivity contribution in [2.45, 2.75) is 0 Å². The van der Waals surface area contributed by atoms with Gasteiger partial charge in [-0.15, -0.1) is 0 Å². The summed E-state index contributed by atoms with van der Waals surface area (Å²) in [6.07, 6.45) is 0. The number of carboxylic acid groups (broad SMARTS) is 1. The number of rotatable bonds is 1. The van der Waals surface area contributed by atoms with E-state index in [0.717, 1.165) is 0 Å². The Morgan fingerprint density at radius 3 is 2.18 bits per heavy atom. The van der Waals surface area contributed by atoms with Crippen LogP contribution in [-0.4, -0.2) is 11.1 Å². The smallest absolute Gasteiger partial charge is 0.335 e. The van der Waals surface area contributed by atoms with E-state index in [1.807, 2.05) is 0 Å². The first-order chi connectivity index (χ1) is 6.37. The number of aromatic carboxylic acids is 1. The zero-order valence-corrected chi connectivity index (χ0v) is 5.11. The van der Waals surface area contributed by atoms with E-state index in [1.165, 1.54) is 0 Å². The molecule has 0 saturated heterocycles. The Hall–Kier alpha value is -1.45. The standard InChI is InChI=1S/C7H4F2O2/c8-5-1-4(7(10)11)2-6(9)3-5/h1-3H,(H,10,11)/i1D,2D,3D. The Morgan fingerprint density at radius 1 is 1.36 bits per heavy atom. The van der Waals surface area contributed by atoms with Crippen molar-refractivity contribution in [2.75, 3.05) is 0 Å². The van der Waals surface area contributed by atoms with Crippen molar-refractivity contribution >= 4 is 5.97 Å². The summed E-state index contributed by atoms with van der Waals surface area (Å²) in [4.78, 5) is 10.4. The number of hydrogen-bond acceptors (Lipinski definition) is 1. The van der Waals surface area contributed by atoms with E-state index in [1.54, 1.807) is 0 Å². The molecule has 0 spiro atoms. The molecule has 0 atom stereocenters. The fourth-order valence-corrected chi connectivity index (χ4v) is 0.517. The van der Waals surface area contributed by atoms with E-state index in [-0.39, 0.29) is 0 Å². The lowest BCUT2D eigenvalue weighted by Gasteiger charge is -1.93. The van der Waals surface area contributed by atoms with Crippen LogP contribution in [0.1, 0.15) is 14.5 Å². The summed E-state index contributed by atoms with van der Waals surface area (Å²) in [5, 5.41) is 8.45. The number of carbonyl (C=O) groups is 1. The first-order valence-electron chi connectivity index (χ1n) is 4.06. The molecule has 0 saturated carbocycles. The molecule has 1 aromatic rings. The summed E-state index contributed by atoms with van der Waals surface area (Å²) < 4.78 is 46.3. The fourth-order valence-electron chi connectivity index (χ4n) is 0.517. The normalized spacial score (nSPS) is 13.5. The largest absolute Gasteiger partial charge is 0.478 e. The summed E-state index contributed by atoms with van der Waals surface area (Å²) in [6, 6.07) is -3.55. The van der Waals surface area contributed by atoms with Crippen molar-refractivity contribution in [3.05, 3.63) is 35.3 Å². The van der Waals surface area contributed by atoms with Gasteiger partial charge in [0.25, 0.3) is 0 Å². The quantitative estimate of drug-likeness (QED) is 0.680. The second-order valence-corrected chi connectivity index (χ2v) is 1.68. The van der Waals surface area contributed by atoms with Crippen LogP contribution in [0.3, 0.4) is 0 Å². The molecule has 1 aromatic carbocycles. The van der Waals surface area contributed by atoms with Gasteiger partial charge in [0.1, 0.15) is 11.6 Å². The second kappa shape index (κ2) is 2.65. The van der Waals surface area contributed by atoms with Gasteiger partial charge >= 0.3 is 5.97 Å². The highest BCUT2D eigenvalue weighted by Crippen LogP contribution is 2.07.